The molecule has 0 spiro atoms. The Morgan fingerprint density at radius 2 is 1.09 bits per heavy atom. The summed E-state index contributed by atoms with van der Waals surface area (Å²) >= 11 is 0. The van der Waals surface area contributed by atoms with Gasteiger partial charge in [-0.2, -0.15) is 0 Å². The van der Waals surface area contributed by atoms with E-state index in [0.29, 0.717) is 0 Å². The summed E-state index contributed by atoms with van der Waals surface area (Å²) in [6.07, 6.45) is 5.94. The molecule has 4 nitrogen and oxygen atoms in total. The van der Waals surface area contributed by atoms with Crippen LogP contribution in [-0.4, -0.2) is 36.1 Å². The Hall–Kier alpha value is -2.10. The first kappa shape index (κ1) is 14.5. The summed E-state index contributed by atoms with van der Waals surface area (Å²) in [6, 6.07) is 12.7. The van der Waals surface area contributed by atoms with Crippen molar-refractivity contribution in [2.75, 3.05) is 36.0 Å². The summed E-state index contributed by atoms with van der Waals surface area (Å²) in [4.78, 5) is 14.5. The number of aromatic nitrogens is 2. The lowest BCUT2D eigenvalue weighted by atomic mass is 10.2. The molecule has 0 aliphatic carbocycles. The van der Waals surface area contributed by atoms with Crippen molar-refractivity contribution >= 4 is 11.6 Å². The molecule has 0 radical (unpaired) electrons. The quantitative estimate of drug-likeness (QED) is 0.868. The van der Waals surface area contributed by atoms with Gasteiger partial charge in [0.1, 0.15) is 11.6 Å². The van der Waals surface area contributed by atoms with Crippen LogP contribution in [-0.2, 0) is 6.42 Å². The summed E-state index contributed by atoms with van der Waals surface area (Å²) in [5.74, 6) is 2.24. The van der Waals surface area contributed by atoms with Crippen LogP contribution in [0.4, 0.5) is 11.6 Å². The summed E-state index contributed by atoms with van der Waals surface area (Å²) in [7, 11) is 0. The third kappa shape index (κ3) is 3.31. The number of hydrogen-bond acceptors (Lipinski definition) is 4. The van der Waals surface area contributed by atoms with E-state index in [1.807, 2.05) is 0 Å². The Kier molecular flexibility index (Phi) is 4.14. The molecule has 4 heterocycles. The van der Waals surface area contributed by atoms with Gasteiger partial charge in [-0.15, -0.1) is 0 Å². The number of pyridine rings is 2. The first-order chi connectivity index (χ1) is 11.4. The molecule has 2 aromatic rings. The zero-order chi connectivity index (χ0) is 15.5. The molecule has 0 aromatic carbocycles. The van der Waals surface area contributed by atoms with Crippen LogP contribution in [0.3, 0.4) is 0 Å². The zero-order valence-electron chi connectivity index (χ0n) is 13.6. The van der Waals surface area contributed by atoms with E-state index in [1.165, 1.54) is 25.7 Å². The predicted molar refractivity (Wildman–Crippen MR) is 94.2 cm³/mol. The van der Waals surface area contributed by atoms with Crippen LogP contribution in [0.5, 0.6) is 0 Å². The van der Waals surface area contributed by atoms with Gasteiger partial charge >= 0.3 is 0 Å². The van der Waals surface area contributed by atoms with Gasteiger partial charge in [-0.1, -0.05) is 12.1 Å². The van der Waals surface area contributed by atoms with Gasteiger partial charge in [-0.3, -0.25) is 0 Å². The normalized spacial score (nSPS) is 17.9. The Morgan fingerprint density at radius 1 is 0.652 bits per heavy atom. The fourth-order valence-electron chi connectivity index (χ4n) is 3.56. The lowest BCUT2D eigenvalue weighted by Crippen LogP contribution is -2.20. The molecule has 4 heteroatoms. The Morgan fingerprint density at radius 3 is 1.52 bits per heavy atom. The molecule has 2 aliphatic heterocycles. The van der Waals surface area contributed by atoms with Crippen LogP contribution >= 0.6 is 0 Å². The molecular weight excluding hydrogens is 284 g/mol. The van der Waals surface area contributed by atoms with Gasteiger partial charge in [0.15, 0.2) is 0 Å². The summed E-state index contributed by atoms with van der Waals surface area (Å²) in [5, 5.41) is 0. The monoisotopic (exact) mass is 308 g/mol. The van der Waals surface area contributed by atoms with Crippen LogP contribution in [0.25, 0.3) is 0 Å². The van der Waals surface area contributed by atoms with E-state index in [2.05, 4.69) is 46.2 Å². The molecule has 0 N–H and O–H groups in total. The fraction of sp³-hybridized carbons (Fsp3) is 0.474. The number of anilines is 2. The second kappa shape index (κ2) is 6.57. The van der Waals surface area contributed by atoms with Crippen molar-refractivity contribution in [1.82, 2.24) is 9.97 Å². The minimum absolute atomic E-state index is 0.809. The van der Waals surface area contributed by atoms with Gasteiger partial charge in [0.05, 0.1) is 0 Å². The number of nitrogens with zero attached hydrogens (tertiary/aromatic N) is 4. The second-order valence-corrected chi connectivity index (χ2v) is 6.54. The molecule has 120 valence electrons. The molecule has 0 bridgehead atoms. The third-order valence-corrected chi connectivity index (χ3v) is 4.81. The average Bonchev–Trinajstić information content (AvgIpc) is 3.29. The van der Waals surface area contributed by atoms with Crippen LogP contribution in [0, 0.1) is 0 Å². The molecular formula is C19H24N4. The van der Waals surface area contributed by atoms with Crippen LogP contribution in [0.1, 0.15) is 37.1 Å². The zero-order valence-corrected chi connectivity index (χ0v) is 13.6. The van der Waals surface area contributed by atoms with Crippen molar-refractivity contribution in [1.29, 1.82) is 0 Å². The molecule has 4 rings (SSSR count). The highest BCUT2D eigenvalue weighted by Crippen LogP contribution is 2.21. The lowest BCUT2D eigenvalue weighted by Gasteiger charge is -2.18. The highest BCUT2D eigenvalue weighted by Gasteiger charge is 2.15. The highest BCUT2D eigenvalue weighted by atomic mass is 15.2. The third-order valence-electron chi connectivity index (χ3n) is 4.81. The molecule has 0 unspecified atom stereocenters. The minimum Gasteiger partial charge on any atom is -0.357 e. The molecule has 0 atom stereocenters. The van der Waals surface area contributed by atoms with E-state index in [1.54, 1.807) is 0 Å². The summed E-state index contributed by atoms with van der Waals surface area (Å²) in [5.41, 5.74) is 2.22. The van der Waals surface area contributed by atoms with Gasteiger partial charge in [-0.25, -0.2) is 9.97 Å². The molecule has 0 saturated carbocycles. The van der Waals surface area contributed by atoms with Crippen molar-refractivity contribution in [3.63, 3.8) is 0 Å². The Labute approximate surface area is 138 Å². The van der Waals surface area contributed by atoms with E-state index in [4.69, 9.17) is 9.97 Å². The molecule has 2 saturated heterocycles. The van der Waals surface area contributed by atoms with Gasteiger partial charge < -0.3 is 9.80 Å². The SMILES string of the molecule is c1cc(Cc2cccc(N3CCCC3)n2)nc(N2CCCC2)c1. The van der Waals surface area contributed by atoms with E-state index in [9.17, 15) is 0 Å². The maximum atomic E-state index is 4.85. The number of hydrogen-bond donors (Lipinski definition) is 0. The first-order valence-corrected chi connectivity index (χ1v) is 8.80. The number of rotatable bonds is 4. The lowest BCUT2D eigenvalue weighted by molar-refractivity contribution is 0.899. The average molecular weight is 308 g/mol. The fourth-order valence-corrected chi connectivity index (χ4v) is 3.56. The maximum absolute atomic E-state index is 4.85. The smallest absolute Gasteiger partial charge is 0.128 e. The van der Waals surface area contributed by atoms with Gasteiger partial charge in [0, 0.05) is 44.0 Å². The summed E-state index contributed by atoms with van der Waals surface area (Å²) in [6.45, 7) is 4.55. The molecule has 2 aromatic heterocycles. The van der Waals surface area contributed by atoms with Crippen LogP contribution in [0.15, 0.2) is 36.4 Å². The predicted octanol–water partition coefficient (Wildman–Crippen LogP) is 3.27. The maximum Gasteiger partial charge on any atom is 0.128 e. The standard InChI is InChI=1S/C19H24N4/c1-2-12-22(11-1)18-9-5-7-16(20-18)15-17-8-6-10-19(21-17)23-13-3-4-14-23/h5-10H,1-4,11-15H2. The Balaban J connectivity index is 1.51. The molecule has 2 aliphatic rings. The Bertz CT molecular complexity index is 600. The van der Waals surface area contributed by atoms with E-state index >= 15 is 0 Å². The van der Waals surface area contributed by atoms with Crippen LogP contribution < -0.4 is 9.80 Å². The molecule has 2 fully saturated rings. The molecule has 0 amide bonds. The van der Waals surface area contributed by atoms with E-state index in [-0.39, 0.29) is 0 Å². The topological polar surface area (TPSA) is 32.3 Å². The first-order valence-electron chi connectivity index (χ1n) is 8.80. The van der Waals surface area contributed by atoms with Gasteiger partial charge in [0.2, 0.25) is 0 Å². The summed E-state index contributed by atoms with van der Waals surface area (Å²) < 4.78 is 0. The van der Waals surface area contributed by atoms with Crippen molar-refractivity contribution < 1.29 is 0 Å². The van der Waals surface area contributed by atoms with Gasteiger partial charge in [0.25, 0.3) is 0 Å². The molecule has 23 heavy (non-hydrogen) atoms. The van der Waals surface area contributed by atoms with Crippen molar-refractivity contribution in [2.45, 2.75) is 32.1 Å². The largest absolute Gasteiger partial charge is 0.357 e. The van der Waals surface area contributed by atoms with E-state index in [0.717, 1.165) is 55.6 Å². The highest BCUT2D eigenvalue weighted by molar-refractivity contribution is 5.42. The second-order valence-electron chi connectivity index (χ2n) is 6.54. The van der Waals surface area contributed by atoms with Crippen LogP contribution in [0.2, 0.25) is 0 Å². The van der Waals surface area contributed by atoms with Crippen molar-refractivity contribution in [3.8, 4) is 0 Å². The minimum atomic E-state index is 0.809. The van der Waals surface area contributed by atoms with E-state index < -0.39 is 0 Å². The van der Waals surface area contributed by atoms with Crippen molar-refractivity contribution in [2.24, 2.45) is 0 Å². The van der Waals surface area contributed by atoms with Crippen molar-refractivity contribution in [3.05, 3.63) is 47.8 Å². The van der Waals surface area contributed by atoms with Gasteiger partial charge in [-0.05, 0) is 49.9 Å².